The molecule has 0 aliphatic carbocycles. The lowest BCUT2D eigenvalue weighted by Crippen LogP contribution is -2.29. The number of nitrogens with one attached hydrogen (secondary N) is 3. The number of aromatic amines is 2. The molecule has 2 heterocycles. The largest absolute Gasteiger partial charge is 0.325 e. The first-order chi connectivity index (χ1) is 8.97. The highest BCUT2D eigenvalue weighted by molar-refractivity contribution is 6.29. The van der Waals surface area contributed by atoms with Crippen molar-refractivity contribution < 1.29 is 4.79 Å². The maximum atomic E-state index is 11.9. The highest BCUT2D eigenvalue weighted by atomic mass is 35.5. The van der Waals surface area contributed by atoms with E-state index >= 15 is 0 Å². The van der Waals surface area contributed by atoms with E-state index in [4.69, 9.17) is 11.6 Å². The van der Waals surface area contributed by atoms with E-state index in [2.05, 4.69) is 15.3 Å². The summed E-state index contributed by atoms with van der Waals surface area (Å²) in [4.78, 5) is 42.3. The molecule has 0 saturated carbocycles. The van der Waals surface area contributed by atoms with Gasteiger partial charge < -0.3 is 10.3 Å². The van der Waals surface area contributed by atoms with Crippen LogP contribution in [0.25, 0.3) is 0 Å². The minimum Gasteiger partial charge on any atom is -0.320 e. The fourth-order valence-electron chi connectivity index (χ4n) is 1.43. The van der Waals surface area contributed by atoms with Crippen molar-refractivity contribution in [3.8, 4) is 0 Å². The summed E-state index contributed by atoms with van der Waals surface area (Å²) in [5.41, 5.74) is -0.692. The number of hydrogen-bond donors (Lipinski definition) is 3. The maximum absolute atomic E-state index is 11.9. The summed E-state index contributed by atoms with van der Waals surface area (Å²) in [7, 11) is 0. The molecular weight excluding hydrogens is 272 g/mol. The summed E-state index contributed by atoms with van der Waals surface area (Å²) < 4.78 is 0. The van der Waals surface area contributed by atoms with Crippen LogP contribution in [0.5, 0.6) is 0 Å². The van der Waals surface area contributed by atoms with Crippen molar-refractivity contribution in [2.24, 2.45) is 0 Å². The fourth-order valence-corrected chi connectivity index (χ4v) is 1.62. The predicted molar refractivity (Wildman–Crippen MR) is 69.6 cm³/mol. The Morgan fingerprint density at radius 2 is 2.11 bits per heavy atom. The molecule has 3 N–H and O–H groups in total. The molecule has 98 valence electrons. The van der Waals surface area contributed by atoms with E-state index in [1.807, 2.05) is 4.98 Å². The second-order valence-electron chi connectivity index (χ2n) is 3.71. The van der Waals surface area contributed by atoms with E-state index in [9.17, 15) is 14.4 Å². The van der Waals surface area contributed by atoms with Crippen LogP contribution in [0.3, 0.4) is 0 Å². The highest BCUT2D eigenvalue weighted by Crippen LogP contribution is 2.15. The van der Waals surface area contributed by atoms with E-state index in [0.29, 0.717) is 16.5 Å². The zero-order valence-corrected chi connectivity index (χ0v) is 10.5. The van der Waals surface area contributed by atoms with E-state index < -0.39 is 17.2 Å². The summed E-state index contributed by atoms with van der Waals surface area (Å²) in [5, 5.41) is 2.82. The molecule has 0 aliphatic rings. The molecule has 2 aromatic heterocycles. The van der Waals surface area contributed by atoms with Gasteiger partial charge in [-0.3, -0.25) is 14.6 Å². The van der Waals surface area contributed by atoms with E-state index in [1.165, 1.54) is 6.07 Å². The number of rotatable bonds is 2. The summed E-state index contributed by atoms with van der Waals surface area (Å²) in [6.07, 6.45) is 1.05. The van der Waals surface area contributed by atoms with Gasteiger partial charge in [-0.15, -0.1) is 0 Å². The van der Waals surface area contributed by atoms with Gasteiger partial charge >= 0.3 is 5.69 Å². The second-order valence-corrected chi connectivity index (χ2v) is 4.09. The van der Waals surface area contributed by atoms with Gasteiger partial charge in [-0.2, -0.15) is 0 Å². The third-order valence-corrected chi connectivity index (χ3v) is 2.57. The van der Waals surface area contributed by atoms with Gasteiger partial charge in [0.2, 0.25) is 0 Å². The first-order valence-corrected chi connectivity index (χ1v) is 5.61. The Hall–Kier alpha value is -2.41. The molecule has 0 unspecified atom stereocenters. The van der Waals surface area contributed by atoms with Crippen molar-refractivity contribution in [1.29, 1.82) is 0 Å². The average molecular weight is 281 g/mol. The number of hydrogen-bond acceptors (Lipinski definition) is 4. The van der Waals surface area contributed by atoms with Gasteiger partial charge in [0.05, 0.1) is 11.4 Å². The Morgan fingerprint density at radius 1 is 1.37 bits per heavy atom. The first-order valence-electron chi connectivity index (χ1n) is 5.24. The van der Waals surface area contributed by atoms with Gasteiger partial charge in [0.25, 0.3) is 11.5 Å². The summed E-state index contributed by atoms with van der Waals surface area (Å²) in [6, 6.07) is 3.09. The number of pyridine rings is 1. The third kappa shape index (κ3) is 2.89. The number of carbonyl (C=O) groups excluding carboxylic acids is 1. The molecule has 8 heteroatoms. The normalized spacial score (nSPS) is 10.2. The number of aromatic nitrogens is 3. The zero-order valence-electron chi connectivity index (χ0n) is 9.78. The van der Waals surface area contributed by atoms with Gasteiger partial charge in [-0.25, -0.2) is 9.78 Å². The third-order valence-electron chi connectivity index (χ3n) is 2.36. The molecule has 0 saturated heterocycles. The molecule has 0 fully saturated rings. The van der Waals surface area contributed by atoms with Crippen LogP contribution in [-0.2, 0) is 0 Å². The Labute approximate surface area is 111 Å². The van der Waals surface area contributed by atoms with Crippen LogP contribution in [0.2, 0.25) is 5.15 Å². The van der Waals surface area contributed by atoms with Gasteiger partial charge in [-0.05, 0) is 19.1 Å². The fraction of sp³-hybridized carbons (Fsp3) is 0.0909. The van der Waals surface area contributed by atoms with E-state index in [0.717, 1.165) is 6.20 Å². The number of H-pyrrole nitrogens is 2. The predicted octanol–water partition coefficient (Wildman–Crippen LogP) is 0.672. The first kappa shape index (κ1) is 13.0. The number of carbonyl (C=O) groups is 1. The summed E-state index contributed by atoms with van der Waals surface area (Å²) in [5.74, 6) is -0.648. The lowest BCUT2D eigenvalue weighted by Gasteiger charge is -2.07. The van der Waals surface area contributed by atoms with Crippen LogP contribution in [-0.4, -0.2) is 20.9 Å². The molecule has 0 aromatic carbocycles. The molecule has 0 aliphatic heterocycles. The number of anilines is 1. The average Bonchev–Trinajstić information content (AvgIpc) is 2.32. The van der Waals surface area contributed by atoms with Crippen molar-refractivity contribution in [1.82, 2.24) is 15.0 Å². The summed E-state index contributed by atoms with van der Waals surface area (Å²) in [6.45, 7) is 1.67. The lowest BCUT2D eigenvalue weighted by molar-refractivity contribution is 0.102. The molecule has 1 amide bonds. The SMILES string of the molecule is Cc1nc(Cl)ccc1NC(=O)c1c[nH]c(=O)[nH]c1=O. The van der Waals surface area contributed by atoms with Crippen molar-refractivity contribution in [2.45, 2.75) is 6.92 Å². The Balaban J connectivity index is 2.31. The summed E-state index contributed by atoms with van der Waals surface area (Å²) >= 11 is 5.69. The molecule has 19 heavy (non-hydrogen) atoms. The molecule has 2 aromatic rings. The van der Waals surface area contributed by atoms with Gasteiger partial charge in [0.15, 0.2) is 0 Å². The van der Waals surface area contributed by atoms with Crippen LogP contribution in [0.4, 0.5) is 5.69 Å². The standard InChI is InChI=1S/C11H9ClN4O3/c1-5-7(2-3-8(12)14-5)15-9(17)6-4-13-11(19)16-10(6)18/h2-4H,1H3,(H,15,17)(H2,13,16,18,19). The zero-order chi connectivity index (χ0) is 14.0. The van der Waals surface area contributed by atoms with Crippen LogP contribution in [0.1, 0.15) is 16.1 Å². The molecule has 0 bridgehead atoms. The molecule has 7 nitrogen and oxygen atoms in total. The van der Waals surface area contributed by atoms with E-state index in [-0.39, 0.29) is 5.56 Å². The molecule has 0 atom stereocenters. The number of halogens is 1. The molecule has 0 radical (unpaired) electrons. The van der Waals surface area contributed by atoms with E-state index in [1.54, 1.807) is 13.0 Å². The Kier molecular flexibility index (Phi) is 3.48. The number of nitrogens with zero attached hydrogens (tertiary/aromatic N) is 1. The number of amides is 1. The molecule has 2 rings (SSSR count). The van der Waals surface area contributed by atoms with Crippen LogP contribution in [0.15, 0.2) is 27.9 Å². The van der Waals surface area contributed by atoms with Crippen molar-refractivity contribution in [3.05, 3.63) is 55.6 Å². The minimum atomic E-state index is -0.763. The monoisotopic (exact) mass is 280 g/mol. The van der Waals surface area contributed by atoms with Gasteiger partial charge in [0, 0.05) is 6.20 Å². The topological polar surface area (TPSA) is 108 Å². The van der Waals surface area contributed by atoms with Gasteiger partial charge in [-0.1, -0.05) is 11.6 Å². The Morgan fingerprint density at radius 3 is 2.74 bits per heavy atom. The lowest BCUT2D eigenvalue weighted by atomic mass is 10.2. The minimum absolute atomic E-state index is 0.200. The van der Waals surface area contributed by atoms with Crippen molar-refractivity contribution >= 4 is 23.2 Å². The van der Waals surface area contributed by atoms with Crippen LogP contribution >= 0.6 is 11.6 Å². The smallest absolute Gasteiger partial charge is 0.320 e. The maximum Gasteiger partial charge on any atom is 0.325 e. The second kappa shape index (κ2) is 5.07. The Bertz CT molecular complexity index is 750. The van der Waals surface area contributed by atoms with Crippen molar-refractivity contribution in [3.63, 3.8) is 0 Å². The van der Waals surface area contributed by atoms with Crippen molar-refractivity contribution in [2.75, 3.05) is 5.32 Å². The van der Waals surface area contributed by atoms with Crippen LogP contribution < -0.4 is 16.6 Å². The molecular formula is C11H9ClN4O3. The van der Waals surface area contributed by atoms with Gasteiger partial charge in [0.1, 0.15) is 10.7 Å². The van der Waals surface area contributed by atoms with Crippen LogP contribution in [0, 0.1) is 6.92 Å². The quantitative estimate of drug-likeness (QED) is 0.703. The highest BCUT2D eigenvalue weighted by Gasteiger charge is 2.12. The molecule has 0 spiro atoms. The number of aryl methyl sites for hydroxylation is 1.